The van der Waals surface area contributed by atoms with Crippen LogP contribution in [0.25, 0.3) is 0 Å². The summed E-state index contributed by atoms with van der Waals surface area (Å²) < 4.78 is 29.1. The number of benzene rings is 1. The van der Waals surface area contributed by atoms with E-state index >= 15 is 0 Å². The fourth-order valence-corrected chi connectivity index (χ4v) is 2.98. The Labute approximate surface area is 135 Å². The highest BCUT2D eigenvalue weighted by molar-refractivity contribution is 14.1. The molecular formula is C12H14INO6S. The predicted octanol–water partition coefficient (Wildman–Crippen LogP) is 0.658. The Morgan fingerprint density at radius 1 is 1.29 bits per heavy atom. The van der Waals surface area contributed by atoms with Crippen LogP contribution >= 0.6 is 22.6 Å². The molecule has 1 aromatic rings. The third kappa shape index (κ3) is 6.29. The van der Waals surface area contributed by atoms with Crippen molar-refractivity contribution in [3.63, 3.8) is 0 Å². The van der Waals surface area contributed by atoms with Crippen molar-refractivity contribution in [2.24, 2.45) is 5.73 Å². The van der Waals surface area contributed by atoms with E-state index in [0.29, 0.717) is 0 Å². The summed E-state index contributed by atoms with van der Waals surface area (Å²) in [7, 11) is -3.46. The molecule has 0 saturated carbocycles. The SMILES string of the molecule is NC(=O)CCS(=O)(=O)CCOc1ccc(I)cc1C(=O)O. The van der Waals surface area contributed by atoms with Crippen LogP contribution in [-0.2, 0) is 14.6 Å². The maximum atomic E-state index is 11.6. The molecule has 116 valence electrons. The molecule has 0 saturated heterocycles. The van der Waals surface area contributed by atoms with Gasteiger partial charge in [0.05, 0.1) is 11.5 Å². The second kappa shape index (κ2) is 7.59. The topological polar surface area (TPSA) is 124 Å². The first-order valence-corrected chi connectivity index (χ1v) is 8.75. The number of amides is 1. The van der Waals surface area contributed by atoms with Crippen LogP contribution in [-0.4, -0.2) is 43.5 Å². The number of carboxylic acids is 1. The molecule has 7 nitrogen and oxygen atoms in total. The Bertz CT molecular complexity index is 643. The average Bonchev–Trinajstić information content (AvgIpc) is 2.38. The lowest BCUT2D eigenvalue weighted by Crippen LogP contribution is -2.22. The van der Waals surface area contributed by atoms with Crippen molar-refractivity contribution < 1.29 is 27.9 Å². The second-order valence-electron chi connectivity index (χ2n) is 4.16. The molecule has 0 heterocycles. The van der Waals surface area contributed by atoms with Crippen LogP contribution in [0.1, 0.15) is 16.8 Å². The van der Waals surface area contributed by atoms with Gasteiger partial charge in [-0.05, 0) is 40.8 Å². The molecule has 1 amide bonds. The molecule has 0 radical (unpaired) electrons. The molecule has 0 aromatic heterocycles. The fraction of sp³-hybridized carbons (Fsp3) is 0.333. The average molecular weight is 427 g/mol. The molecule has 0 fully saturated rings. The Morgan fingerprint density at radius 2 is 1.95 bits per heavy atom. The number of ether oxygens (including phenoxy) is 1. The molecule has 0 aliphatic carbocycles. The molecular weight excluding hydrogens is 413 g/mol. The monoisotopic (exact) mass is 427 g/mol. The lowest BCUT2D eigenvalue weighted by atomic mass is 10.2. The molecule has 0 unspecified atom stereocenters. The van der Waals surface area contributed by atoms with Gasteiger partial charge in [-0.15, -0.1) is 0 Å². The van der Waals surface area contributed by atoms with Crippen molar-refractivity contribution in [3.8, 4) is 5.75 Å². The smallest absolute Gasteiger partial charge is 0.339 e. The predicted molar refractivity (Wildman–Crippen MR) is 84.1 cm³/mol. The lowest BCUT2D eigenvalue weighted by Gasteiger charge is -2.09. The second-order valence-corrected chi connectivity index (χ2v) is 7.71. The number of sulfone groups is 1. The Kier molecular flexibility index (Phi) is 6.40. The highest BCUT2D eigenvalue weighted by Gasteiger charge is 2.15. The van der Waals surface area contributed by atoms with E-state index in [2.05, 4.69) is 0 Å². The standard InChI is InChI=1S/C12H14INO6S/c13-8-1-2-10(9(7-8)12(16)17)20-4-6-21(18,19)5-3-11(14)15/h1-2,7H,3-6H2,(H2,14,15)(H,16,17). The van der Waals surface area contributed by atoms with E-state index in [4.69, 9.17) is 15.6 Å². The van der Waals surface area contributed by atoms with E-state index in [1.807, 2.05) is 22.6 Å². The van der Waals surface area contributed by atoms with E-state index in [9.17, 15) is 18.0 Å². The minimum atomic E-state index is -3.46. The molecule has 0 bridgehead atoms. The summed E-state index contributed by atoms with van der Waals surface area (Å²) in [6.07, 6.45) is -0.244. The lowest BCUT2D eigenvalue weighted by molar-refractivity contribution is -0.117. The first kappa shape index (κ1) is 17.7. The number of primary amides is 1. The van der Waals surface area contributed by atoms with Crippen LogP contribution < -0.4 is 10.5 Å². The van der Waals surface area contributed by atoms with Crippen LogP contribution in [0.5, 0.6) is 5.75 Å². The van der Waals surface area contributed by atoms with E-state index in [-0.39, 0.29) is 35.8 Å². The maximum absolute atomic E-state index is 11.6. The van der Waals surface area contributed by atoms with Crippen molar-refractivity contribution in [1.29, 1.82) is 0 Å². The number of hydrogen-bond donors (Lipinski definition) is 2. The van der Waals surface area contributed by atoms with E-state index in [1.165, 1.54) is 12.1 Å². The van der Waals surface area contributed by atoms with Gasteiger partial charge in [-0.2, -0.15) is 0 Å². The Balaban J connectivity index is 2.64. The molecule has 0 spiro atoms. The van der Waals surface area contributed by atoms with Gasteiger partial charge < -0.3 is 15.6 Å². The van der Waals surface area contributed by atoms with Gasteiger partial charge in [0, 0.05) is 9.99 Å². The zero-order chi connectivity index (χ0) is 16.0. The van der Waals surface area contributed by atoms with Gasteiger partial charge in [0.1, 0.15) is 17.9 Å². The Hall–Kier alpha value is -1.36. The molecule has 0 aliphatic rings. The van der Waals surface area contributed by atoms with E-state index in [1.54, 1.807) is 6.07 Å². The summed E-state index contributed by atoms with van der Waals surface area (Å²) in [5.74, 6) is -2.39. The molecule has 3 N–H and O–H groups in total. The van der Waals surface area contributed by atoms with Crippen LogP contribution in [0.4, 0.5) is 0 Å². The summed E-state index contributed by atoms with van der Waals surface area (Å²) in [6, 6.07) is 4.56. The van der Waals surface area contributed by atoms with Gasteiger partial charge in [0.25, 0.3) is 0 Å². The summed E-state index contributed by atoms with van der Waals surface area (Å²) in [5.41, 5.74) is 4.85. The normalized spacial score (nSPS) is 11.1. The summed E-state index contributed by atoms with van der Waals surface area (Å²) in [6.45, 7) is -0.192. The number of nitrogens with two attached hydrogens (primary N) is 1. The van der Waals surface area contributed by atoms with Gasteiger partial charge >= 0.3 is 5.97 Å². The van der Waals surface area contributed by atoms with E-state index < -0.39 is 21.7 Å². The largest absolute Gasteiger partial charge is 0.492 e. The van der Waals surface area contributed by atoms with Crippen molar-refractivity contribution in [2.75, 3.05) is 18.1 Å². The van der Waals surface area contributed by atoms with Crippen LogP contribution in [0, 0.1) is 3.57 Å². The number of carboxylic acid groups (broad SMARTS) is 1. The summed E-state index contributed by atoms with van der Waals surface area (Å²) in [4.78, 5) is 21.6. The molecule has 21 heavy (non-hydrogen) atoms. The number of halogens is 1. The van der Waals surface area contributed by atoms with Gasteiger partial charge in [-0.25, -0.2) is 13.2 Å². The molecule has 9 heteroatoms. The van der Waals surface area contributed by atoms with Gasteiger partial charge in [0.2, 0.25) is 5.91 Å². The number of carbonyl (C=O) groups is 2. The van der Waals surface area contributed by atoms with Gasteiger partial charge in [0.15, 0.2) is 9.84 Å². The molecule has 1 rings (SSSR count). The zero-order valence-electron chi connectivity index (χ0n) is 10.9. The van der Waals surface area contributed by atoms with E-state index in [0.717, 1.165) is 3.57 Å². The van der Waals surface area contributed by atoms with Crippen molar-refractivity contribution >= 4 is 44.3 Å². The van der Waals surface area contributed by atoms with Crippen LogP contribution in [0.15, 0.2) is 18.2 Å². The minimum Gasteiger partial charge on any atom is -0.492 e. The minimum absolute atomic E-state index is 0.0311. The molecule has 0 aliphatic heterocycles. The number of hydrogen-bond acceptors (Lipinski definition) is 5. The van der Waals surface area contributed by atoms with Crippen molar-refractivity contribution in [1.82, 2.24) is 0 Å². The third-order valence-corrected chi connectivity index (χ3v) is 4.77. The van der Waals surface area contributed by atoms with Crippen LogP contribution in [0.2, 0.25) is 0 Å². The number of aromatic carboxylic acids is 1. The number of rotatable bonds is 8. The first-order valence-electron chi connectivity index (χ1n) is 5.85. The fourth-order valence-electron chi connectivity index (χ4n) is 1.43. The van der Waals surface area contributed by atoms with Crippen molar-refractivity contribution in [2.45, 2.75) is 6.42 Å². The maximum Gasteiger partial charge on any atom is 0.339 e. The highest BCUT2D eigenvalue weighted by Crippen LogP contribution is 2.21. The molecule has 0 atom stereocenters. The van der Waals surface area contributed by atoms with Crippen molar-refractivity contribution in [3.05, 3.63) is 27.3 Å². The first-order chi connectivity index (χ1) is 9.71. The summed E-state index contributed by atoms with van der Waals surface area (Å²) in [5, 5.41) is 9.04. The van der Waals surface area contributed by atoms with Crippen LogP contribution in [0.3, 0.4) is 0 Å². The molecule has 1 aromatic carbocycles. The quantitative estimate of drug-likeness (QED) is 0.588. The highest BCUT2D eigenvalue weighted by atomic mass is 127. The number of carbonyl (C=O) groups excluding carboxylic acids is 1. The third-order valence-electron chi connectivity index (χ3n) is 2.48. The zero-order valence-corrected chi connectivity index (χ0v) is 13.9. The summed E-state index contributed by atoms with van der Waals surface area (Å²) >= 11 is 1.96. The Morgan fingerprint density at radius 3 is 2.52 bits per heavy atom. The van der Waals surface area contributed by atoms with Gasteiger partial charge in [-0.1, -0.05) is 0 Å². The van der Waals surface area contributed by atoms with Gasteiger partial charge in [-0.3, -0.25) is 4.79 Å².